The lowest BCUT2D eigenvalue weighted by molar-refractivity contribution is -0.116. The molecule has 8 nitrogen and oxygen atoms in total. The van der Waals surface area contributed by atoms with E-state index in [4.69, 9.17) is 4.74 Å². The van der Waals surface area contributed by atoms with Crippen LogP contribution in [-0.4, -0.2) is 41.0 Å². The van der Waals surface area contributed by atoms with Crippen LogP contribution < -0.4 is 15.4 Å². The molecule has 1 aromatic heterocycles. The molecule has 2 heterocycles. The molecule has 3 rings (SSSR count). The average Bonchev–Trinajstić information content (AvgIpc) is 2.66. The molecule has 0 radical (unpaired) electrons. The second kappa shape index (κ2) is 8.03. The predicted molar refractivity (Wildman–Crippen MR) is 106 cm³/mol. The standard InChI is InChI=1S/C19H23FN4O4S/c1-4-29(26,27)17(16(25)24-18-21-8-5-9-22-18)23-14-11-19(2,3)28-15-7-6-12(20)10-13(14)15/h5-10,14,17,23H,4,11H2,1-3H3,(H,21,22,24,25). The maximum Gasteiger partial charge on any atom is 0.259 e. The van der Waals surface area contributed by atoms with Crippen molar-refractivity contribution in [2.24, 2.45) is 0 Å². The molecule has 2 unspecified atom stereocenters. The number of carbonyl (C=O) groups excluding carboxylic acids is 1. The van der Waals surface area contributed by atoms with Crippen molar-refractivity contribution in [3.8, 4) is 5.75 Å². The highest BCUT2D eigenvalue weighted by Crippen LogP contribution is 2.40. The van der Waals surface area contributed by atoms with Gasteiger partial charge in [0.1, 0.15) is 17.2 Å². The molecule has 2 atom stereocenters. The number of amides is 1. The molecular formula is C19H23FN4O4S. The zero-order valence-electron chi connectivity index (χ0n) is 16.3. The third-order valence-electron chi connectivity index (χ3n) is 4.58. The van der Waals surface area contributed by atoms with Crippen LogP contribution in [0.5, 0.6) is 5.75 Å². The monoisotopic (exact) mass is 422 g/mol. The first kappa shape index (κ1) is 21.1. The van der Waals surface area contributed by atoms with Crippen LogP contribution in [0.25, 0.3) is 0 Å². The van der Waals surface area contributed by atoms with Gasteiger partial charge in [-0.2, -0.15) is 0 Å². The smallest absolute Gasteiger partial charge is 0.259 e. The Morgan fingerprint density at radius 1 is 1.34 bits per heavy atom. The highest BCUT2D eigenvalue weighted by Gasteiger charge is 2.39. The van der Waals surface area contributed by atoms with Gasteiger partial charge in [0.2, 0.25) is 5.95 Å². The number of sulfone groups is 1. The van der Waals surface area contributed by atoms with Gasteiger partial charge in [-0.25, -0.2) is 22.8 Å². The van der Waals surface area contributed by atoms with Crippen molar-refractivity contribution < 1.29 is 22.3 Å². The van der Waals surface area contributed by atoms with Gasteiger partial charge in [-0.3, -0.25) is 15.4 Å². The second-order valence-corrected chi connectivity index (χ2v) is 9.73. The summed E-state index contributed by atoms with van der Waals surface area (Å²) in [5.74, 6) is -1.10. The molecule has 0 saturated carbocycles. The number of hydrogen-bond donors (Lipinski definition) is 2. The van der Waals surface area contributed by atoms with Gasteiger partial charge in [0.25, 0.3) is 5.91 Å². The molecule has 2 aromatic rings. The molecule has 29 heavy (non-hydrogen) atoms. The minimum absolute atomic E-state index is 0.00523. The summed E-state index contributed by atoms with van der Waals surface area (Å²) in [7, 11) is -3.84. The highest BCUT2D eigenvalue weighted by atomic mass is 32.2. The Hall–Kier alpha value is -2.59. The normalized spacial score (nSPS) is 19.0. The van der Waals surface area contributed by atoms with Gasteiger partial charge in [0.05, 0.1) is 0 Å². The number of rotatable bonds is 6. The Labute approximate surface area is 168 Å². The maximum atomic E-state index is 13.8. The molecule has 10 heteroatoms. The van der Waals surface area contributed by atoms with Gasteiger partial charge in [-0.15, -0.1) is 0 Å². The molecule has 156 valence electrons. The van der Waals surface area contributed by atoms with Crippen molar-refractivity contribution in [1.29, 1.82) is 0 Å². The van der Waals surface area contributed by atoms with Crippen LogP contribution in [0.15, 0.2) is 36.7 Å². The fraction of sp³-hybridized carbons (Fsp3) is 0.421. The SMILES string of the molecule is CCS(=O)(=O)C(NC1CC(C)(C)Oc2ccc(F)cc21)C(=O)Nc1ncccn1. The van der Waals surface area contributed by atoms with E-state index in [-0.39, 0.29) is 11.7 Å². The number of benzene rings is 1. The molecule has 0 bridgehead atoms. The van der Waals surface area contributed by atoms with Crippen molar-refractivity contribution in [2.45, 2.75) is 44.2 Å². The van der Waals surface area contributed by atoms with E-state index in [1.54, 1.807) is 6.07 Å². The van der Waals surface area contributed by atoms with Crippen molar-refractivity contribution in [1.82, 2.24) is 15.3 Å². The van der Waals surface area contributed by atoms with Crippen molar-refractivity contribution in [2.75, 3.05) is 11.1 Å². The average molecular weight is 422 g/mol. The topological polar surface area (TPSA) is 110 Å². The zero-order valence-corrected chi connectivity index (χ0v) is 17.2. The number of nitrogens with zero attached hydrogens (tertiary/aromatic N) is 2. The molecule has 0 saturated heterocycles. The third-order valence-corrected chi connectivity index (χ3v) is 6.46. The molecule has 1 aromatic carbocycles. The number of ether oxygens (including phenoxy) is 1. The lowest BCUT2D eigenvalue weighted by Crippen LogP contribution is -2.51. The minimum atomic E-state index is -3.84. The number of anilines is 1. The molecule has 1 amide bonds. The summed E-state index contributed by atoms with van der Waals surface area (Å²) >= 11 is 0. The van der Waals surface area contributed by atoms with E-state index < -0.39 is 38.6 Å². The number of halogens is 1. The maximum absolute atomic E-state index is 13.8. The van der Waals surface area contributed by atoms with Gasteiger partial charge in [-0.1, -0.05) is 6.92 Å². The number of hydrogen-bond acceptors (Lipinski definition) is 7. The fourth-order valence-electron chi connectivity index (χ4n) is 3.21. The summed E-state index contributed by atoms with van der Waals surface area (Å²) in [5, 5.41) is 3.76. The van der Waals surface area contributed by atoms with Crippen molar-refractivity contribution in [3.05, 3.63) is 48.0 Å². The van der Waals surface area contributed by atoms with Crippen LogP contribution in [0.1, 0.15) is 38.8 Å². The number of fused-ring (bicyclic) bond motifs is 1. The summed E-state index contributed by atoms with van der Waals surface area (Å²) < 4.78 is 45.1. The summed E-state index contributed by atoms with van der Waals surface area (Å²) in [5.41, 5.74) is -0.174. The van der Waals surface area contributed by atoms with E-state index in [1.807, 2.05) is 13.8 Å². The number of carbonyl (C=O) groups is 1. The lowest BCUT2D eigenvalue weighted by Gasteiger charge is -2.39. The van der Waals surface area contributed by atoms with Gasteiger partial charge < -0.3 is 4.74 Å². The predicted octanol–water partition coefficient (Wildman–Crippen LogP) is 2.21. The molecule has 2 N–H and O–H groups in total. The molecule has 0 spiro atoms. The Morgan fingerprint density at radius 3 is 2.69 bits per heavy atom. The summed E-state index contributed by atoms with van der Waals surface area (Å²) in [4.78, 5) is 20.6. The van der Waals surface area contributed by atoms with Crippen LogP contribution in [0.3, 0.4) is 0 Å². The summed E-state index contributed by atoms with van der Waals surface area (Å²) in [6.45, 7) is 5.14. The Morgan fingerprint density at radius 2 is 2.03 bits per heavy atom. The first-order chi connectivity index (χ1) is 13.6. The molecule has 1 aliphatic heterocycles. The van der Waals surface area contributed by atoms with E-state index in [0.29, 0.717) is 17.7 Å². The Kier molecular flexibility index (Phi) is 5.85. The largest absolute Gasteiger partial charge is 0.487 e. The summed E-state index contributed by atoms with van der Waals surface area (Å²) in [6, 6.07) is 5.02. The van der Waals surface area contributed by atoms with Gasteiger partial charge in [0.15, 0.2) is 15.2 Å². The van der Waals surface area contributed by atoms with Gasteiger partial charge in [-0.05, 0) is 38.1 Å². The van der Waals surface area contributed by atoms with Crippen LogP contribution in [0.2, 0.25) is 0 Å². The van der Waals surface area contributed by atoms with Crippen molar-refractivity contribution in [3.63, 3.8) is 0 Å². The van der Waals surface area contributed by atoms with E-state index in [2.05, 4.69) is 20.6 Å². The quantitative estimate of drug-likeness (QED) is 0.734. The molecule has 0 fully saturated rings. The Balaban J connectivity index is 1.94. The molecular weight excluding hydrogens is 399 g/mol. The zero-order chi connectivity index (χ0) is 21.2. The highest BCUT2D eigenvalue weighted by molar-refractivity contribution is 7.92. The first-order valence-electron chi connectivity index (χ1n) is 9.15. The van der Waals surface area contributed by atoms with E-state index in [0.717, 1.165) is 0 Å². The van der Waals surface area contributed by atoms with E-state index in [9.17, 15) is 17.6 Å². The fourth-order valence-corrected chi connectivity index (χ4v) is 4.30. The molecule has 0 aliphatic carbocycles. The van der Waals surface area contributed by atoms with Crippen LogP contribution >= 0.6 is 0 Å². The van der Waals surface area contributed by atoms with Crippen LogP contribution in [0.4, 0.5) is 10.3 Å². The minimum Gasteiger partial charge on any atom is -0.487 e. The summed E-state index contributed by atoms with van der Waals surface area (Å²) in [6.07, 6.45) is 3.20. The number of aromatic nitrogens is 2. The lowest BCUT2D eigenvalue weighted by atomic mass is 9.89. The first-order valence-corrected chi connectivity index (χ1v) is 10.9. The van der Waals surface area contributed by atoms with Crippen LogP contribution in [-0.2, 0) is 14.6 Å². The van der Waals surface area contributed by atoms with Gasteiger partial charge in [0, 0.05) is 36.2 Å². The van der Waals surface area contributed by atoms with E-state index in [1.165, 1.54) is 37.5 Å². The van der Waals surface area contributed by atoms with E-state index >= 15 is 0 Å². The second-order valence-electron chi connectivity index (χ2n) is 7.36. The van der Waals surface area contributed by atoms with Crippen LogP contribution in [0, 0.1) is 5.82 Å². The van der Waals surface area contributed by atoms with Gasteiger partial charge >= 0.3 is 0 Å². The van der Waals surface area contributed by atoms with Crippen molar-refractivity contribution >= 4 is 21.7 Å². The molecule has 1 aliphatic rings. The Bertz CT molecular complexity index is 999. The third kappa shape index (κ3) is 4.88. The number of nitrogens with one attached hydrogen (secondary N) is 2.